The summed E-state index contributed by atoms with van der Waals surface area (Å²) in [6, 6.07) is 6.52. The summed E-state index contributed by atoms with van der Waals surface area (Å²) in [5, 5.41) is 3.35. The number of aromatic nitrogens is 2. The number of anilines is 1. The molecule has 0 atom stereocenters. The van der Waals surface area contributed by atoms with E-state index in [1.807, 2.05) is 18.2 Å². The molecular weight excluding hydrogens is 162 g/mol. The van der Waals surface area contributed by atoms with Crippen molar-refractivity contribution in [3.05, 3.63) is 24.5 Å². The van der Waals surface area contributed by atoms with E-state index in [9.17, 15) is 0 Å². The second-order valence-corrected chi connectivity index (χ2v) is 3.40. The Balaban J connectivity index is 2.48. The zero-order valence-corrected chi connectivity index (χ0v) is 7.83. The second-order valence-electron chi connectivity index (χ2n) is 3.40. The Hall–Kier alpha value is -1.51. The molecule has 0 aliphatic rings. The van der Waals surface area contributed by atoms with Gasteiger partial charge >= 0.3 is 0 Å². The third-order valence-electron chi connectivity index (χ3n) is 1.89. The Kier molecular flexibility index (Phi) is 1.93. The molecule has 0 radical (unpaired) electrons. The minimum atomic E-state index is 0.433. The summed E-state index contributed by atoms with van der Waals surface area (Å²) in [5.41, 5.74) is 3.18. The molecule has 0 aliphatic heterocycles. The third kappa shape index (κ3) is 1.49. The fourth-order valence-electron chi connectivity index (χ4n) is 1.39. The van der Waals surface area contributed by atoms with Gasteiger partial charge in [-0.1, -0.05) is 6.07 Å². The van der Waals surface area contributed by atoms with Gasteiger partial charge in [-0.15, -0.1) is 0 Å². The van der Waals surface area contributed by atoms with Crippen LogP contribution in [0.15, 0.2) is 24.5 Å². The molecule has 1 aromatic carbocycles. The number of nitrogens with one attached hydrogen (secondary N) is 2. The van der Waals surface area contributed by atoms with Gasteiger partial charge in [0.1, 0.15) is 5.52 Å². The molecule has 68 valence electrons. The Morgan fingerprint density at radius 2 is 2.23 bits per heavy atom. The number of rotatable bonds is 2. The molecule has 1 aromatic heterocycles. The van der Waals surface area contributed by atoms with Gasteiger partial charge in [-0.25, -0.2) is 4.98 Å². The molecule has 0 spiro atoms. The zero-order chi connectivity index (χ0) is 9.26. The summed E-state index contributed by atoms with van der Waals surface area (Å²) in [7, 11) is 0. The van der Waals surface area contributed by atoms with Crippen LogP contribution in [-0.2, 0) is 0 Å². The summed E-state index contributed by atoms with van der Waals surface area (Å²) < 4.78 is 0. The maximum absolute atomic E-state index is 4.25. The van der Waals surface area contributed by atoms with Crippen molar-refractivity contribution in [3.63, 3.8) is 0 Å². The Labute approximate surface area is 77.2 Å². The number of benzene rings is 1. The largest absolute Gasteiger partial charge is 0.381 e. The summed E-state index contributed by atoms with van der Waals surface area (Å²) in [6.07, 6.45) is 1.72. The lowest BCUT2D eigenvalue weighted by molar-refractivity contribution is 0.901. The predicted molar refractivity (Wildman–Crippen MR) is 54.9 cm³/mol. The second kappa shape index (κ2) is 3.09. The van der Waals surface area contributed by atoms with Gasteiger partial charge < -0.3 is 10.3 Å². The summed E-state index contributed by atoms with van der Waals surface area (Å²) in [6.45, 7) is 4.23. The van der Waals surface area contributed by atoms with E-state index in [-0.39, 0.29) is 0 Å². The molecule has 0 amide bonds. The molecular formula is C10H13N3. The highest BCUT2D eigenvalue weighted by Gasteiger charge is 2.02. The van der Waals surface area contributed by atoms with Gasteiger partial charge in [-0.05, 0) is 26.0 Å². The van der Waals surface area contributed by atoms with Crippen molar-refractivity contribution in [2.24, 2.45) is 0 Å². The van der Waals surface area contributed by atoms with Gasteiger partial charge in [0.2, 0.25) is 0 Å². The highest BCUT2D eigenvalue weighted by molar-refractivity contribution is 5.87. The van der Waals surface area contributed by atoms with Crippen molar-refractivity contribution < 1.29 is 0 Å². The number of nitrogens with zero attached hydrogens (tertiary/aromatic N) is 1. The lowest BCUT2D eigenvalue weighted by Gasteiger charge is -2.09. The van der Waals surface area contributed by atoms with Crippen molar-refractivity contribution in [2.45, 2.75) is 19.9 Å². The predicted octanol–water partition coefficient (Wildman–Crippen LogP) is 2.38. The van der Waals surface area contributed by atoms with Gasteiger partial charge in [0.15, 0.2) is 0 Å². The van der Waals surface area contributed by atoms with Crippen molar-refractivity contribution in [1.29, 1.82) is 0 Å². The Bertz CT molecular complexity index is 403. The number of para-hydroxylation sites is 1. The van der Waals surface area contributed by atoms with Crippen LogP contribution in [0.5, 0.6) is 0 Å². The van der Waals surface area contributed by atoms with E-state index < -0.39 is 0 Å². The highest BCUT2D eigenvalue weighted by Crippen LogP contribution is 2.19. The van der Waals surface area contributed by atoms with Crippen LogP contribution < -0.4 is 5.32 Å². The minimum Gasteiger partial charge on any atom is -0.381 e. The van der Waals surface area contributed by atoms with Crippen molar-refractivity contribution in [3.8, 4) is 0 Å². The first-order valence-corrected chi connectivity index (χ1v) is 4.46. The van der Waals surface area contributed by atoms with E-state index in [2.05, 4.69) is 29.1 Å². The molecule has 0 fully saturated rings. The van der Waals surface area contributed by atoms with Gasteiger partial charge in [0.25, 0.3) is 0 Å². The molecule has 0 saturated carbocycles. The van der Waals surface area contributed by atoms with Crippen LogP contribution in [0.1, 0.15) is 13.8 Å². The maximum atomic E-state index is 4.25. The Morgan fingerprint density at radius 1 is 1.38 bits per heavy atom. The highest BCUT2D eigenvalue weighted by atomic mass is 14.9. The zero-order valence-electron chi connectivity index (χ0n) is 7.83. The number of H-pyrrole nitrogens is 1. The lowest BCUT2D eigenvalue weighted by atomic mass is 10.2. The quantitative estimate of drug-likeness (QED) is 0.735. The molecule has 2 aromatic rings. The maximum Gasteiger partial charge on any atom is 0.111 e. The Morgan fingerprint density at radius 3 is 3.00 bits per heavy atom. The number of fused-ring (bicyclic) bond motifs is 1. The molecule has 13 heavy (non-hydrogen) atoms. The van der Waals surface area contributed by atoms with E-state index in [0.717, 1.165) is 16.7 Å². The van der Waals surface area contributed by atoms with Gasteiger partial charge in [-0.3, -0.25) is 0 Å². The SMILES string of the molecule is CC(C)Nc1cccc2[nH]cnc12. The standard InChI is InChI=1S/C10H13N3/c1-7(2)13-9-5-3-4-8-10(9)12-6-11-8/h3-7,13H,1-2H3,(H,11,12). The molecule has 0 saturated heterocycles. The van der Waals surface area contributed by atoms with Crippen molar-refractivity contribution in [1.82, 2.24) is 9.97 Å². The summed E-state index contributed by atoms with van der Waals surface area (Å²) in [4.78, 5) is 7.34. The van der Waals surface area contributed by atoms with E-state index in [1.165, 1.54) is 0 Å². The monoisotopic (exact) mass is 175 g/mol. The first-order valence-electron chi connectivity index (χ1n) is 4.46. The number of aromatic amines is 1. The fourth-order valence-corrected chi connectivity index (χ4v) is 1.39. The van der Waals surface area contributed by atoms with Crippen LogP contribution in [0.3, 0.4) is 0 Å². The van der Waals surface area contributed by atoms with E-state index in [0.29, 0.717) is 6.04 Å². The molecule has 3 heteroatoms. The molecule has 3 nitrogen and oxygen atoms in total. The fraction of sp³-hybridized carbons (Fsp3) is 0.300. The minimum absolute atomic E-state index is 0.433. The number of hydrogen-bond acceptors (Lipinski definition) is 2. The van der Waals surface area contributed by atoms with Crippen LogP contribution >= 0.6 is 0 Å². The topological polar surface area (TPSA) is 40.7 Å². The first-order chi connectivity index (χ1) is 6.27. The molecule has 0 aliphatic carbocycles. The average molecular weight is 175 g/mol. The van der Waals surface area contributed by atoms with Crippen LogP contribution in [0.25, 0.3) is 11.0 Å². The summed E-state index contributed by atoms with van der Waals surface area (Å²) >= 11 is 0. The number of imidazole rings is 1. The lowest BCUT2D eigenvalue weighted by Crippen LogP contribution is -2.09. The van der Waals surface area contributed by atoms with Crippen LogP contribution in [0.4, 0.5) is 5.69 Å². The normalized spacial score (nSPS) is 11.0. The van der Waals surface area contributed by atoms with E-state index in [1.54, 1.807) is 6.33 Å². The van der Waals surface area contributed by atoms with Crippen molar-refractivity contribution in [2.75, 3.05) is 5.32 Å². The van der Waals surface area contributed by atoms with Gasteiger partial charge in [0, 0.05) is 6.04 Å². The van der Waals surface area contributed by atoms with E-state index >= 15 is 0 Å². The third-order valence-corrected chi connectivity index (χ3v) is 1.89. The van der Waals surface area contributed by atoms with Crippen LogP contribution in [-0.4, -0.2) is 16.0 Å². The summed E-state index contributed by atoms with van der Waals surface area (Å²) in [5.74, 6) is 0. The first kappa shape index (κ1) is 8.10. The molecule has 1 heterocycles. The molecule has 2 N–H and O–H groups in total. The van der Waals surface area contributed by atoms with Gasteiger partial charge in [-0.2, -0.15) is 0 Å². The molecule has 0 bridgehead atoms. The van der Waals surface area contributed by atoms with E-state index in [4.69, 9.17) is 0 Å². The van der Waals surface area contributed by atoms with Crippen molar-refractivity contribution >= 4 is 16.7 Å². The van der Waals surface area contributed by atoms with Crippen LogP contribution in [0, 0.1) is 0 Å². The molecule has 2 rings (SSSR count). The van der Waals surface area contributed by atoms with Crippen LogP contribution in [0.2, 0.25) is 0 Å². The average Bonchev–Trinajstić information content (AvgIpc) is 2.51. The van der Waals surface area contributed by atoms with Gasteiger partial charge in [0.05, 0.1) is 17.5 Å². The number of hydrogen-bond donors (Lipinski definition) is 2. The smallest absolute Gasteiger partial charge is 0.111 e. The molecule has 0 unspecified atom stereocenters.